The van der Waals surface area contributed by atoms with E-state index < -0.39 is 0 Å². The topological polar surface area (TPSA) is 47.6 Å². The minimum atomic E-state index is -0.125. The summed E-state index contributed by atoms with van der Waals surface area (Å²) >= 11 is 0. The summed E-state index contributed by atoms with van der Waals surface area (Å²) in [5.41, 5.74) is 3.52. The molecule has 0 aromatic heterocycles. The van der Waals surface area contributed by atoms with Crippen LogP contribution in [0.2, 0.25) is 0 Å². The van der Waals surface area contributed by atoms with Crippen molar-refractivity contribution in [2.24, 2.45) is 0 Å². The lowest BCUT2D eigenvalue weighted by Gasteiger charge is -2.11. The summed E-state index contributed by atoms with van der Waals surface area (Å²) in [4.78, 5) is 11.9. The molecular formula is C21H27NO3. The second-order valence-corrected chi connectivity index (χ2v) is 6.43. The van der Waals surface area contributed by atoms with Crippen LogP contribution in [-0.4, -0.2) is 26.2 Å². The van der Waals surface area contributed by atoms with Gasteiger partial charge in [-0.2, -0.15) is 0 Å². The highest BCUT2D eigenvalue weighted by Gasteiger charge is 2.06. The molecule has 0 heterocycles. The van der Waals surface area contributed by atoms with Crippen molar-refractivity contribution in [2.75, 3.05) is 20.3 Å². The van der Waals surface area contributed by atoms with Gasteiger partial charge in [0.1, 0.15) is 11.5 Å². The van der Waals surface area contributed by atoms with Crippen LogP contribution in [0.1, 0.15) is 36.5 Å². The Labute approximate surface area is 150 Å². The molecule has 2 rings (SSSR count). The molecule has 0 aliphatic heterocycles. The normalized spacial score (nSPS) is 10.6. The number of nitrogens with one attached hydrogen (secondary N) is 1. The maximum absolute atomic E-state index is 11.9. The van der Waals surface area contributed by atoms with Crippen molar-refractivity contribution in [1.82, 2.24) is 5.32 Å². The zero-order chi connectivity index (χ0) is 18.2. The van der Waals surface area contributed by atoms with Crippen LogP contribution < -0.4 is 14.8 Å². The molecule has 2 aromatic rings. The summed E-state index contributed by atoms with van der Waals surface area (Å²) in [6, 6.07) is 13.9. The standard InChI is InChI=1S/C21H27NO3/c1-15(2)17-6-8-19(9-7-17)25-14-21(23)22-12-11-18-13-16(3)5-10-20(18)24-4/h5-10,13,15H,11-12,14H2,1-4H3,(H,22,23). The van der Waals surface area contributed by atoms with Crippen molar-refractivity contribution in [2.45, 2.75) is 33.1 Å². The number of carbonyl (C=O) groups excluding carboxylic acids is 1. The Hall–Kier alpha value is -2.49. The first-order valence-electron chi connectivity index (χ1n) is 8.62. The van der Waals surface area contributed by atoms with Gasteiger partial charge in [-0.25, -0.2) is 0 Å². The Balaban J connectivity index is 1.76. The molecule has 25 heavy (non-hydrogen) atoms. The number of ether oxygens (including phenoxy) is 2. The molecule has 0 bridgehead atoms. The van der Waals surface area contributed by atoms with Gasteiger partial charge in [0, 0.05) is 6.54 Å². The first-order chi connectivity index (χ1) is 12.0. The van der Waals surface area contributed by atoms with Crippen LogP contribution in [0, 0.1) is 6.92 Å². The zero-order valence-electron chi connectivity index (χ0n) is 15.5. The molecule has 0 radical (unpaired) electrons. The minimum Gasteiger partial charge on any atom is -0.496 e. The molecule has 0 aliphatic rings. The van der Waals surface area contributed by atoms with Crippen molar-refractivity contribution in [3.63, 3.8) is 0 Å². The van der Waals surface area contributed by atoms with E-state index in [4.69, 9.17) is 9.47 Å². The van der Waals surface area contributed by atoms with E-state index in [-0.39, 0.29) is 12.5 Å². The Morgan fingerprint density at radius 3 is 2.48 bits per heavy atom. The smallest absolute Gasteiger partial charge is 0.257 e. The number of amides is 1. The first-order valence-corrected chi connectivity index (χ1v) is 8.62. The quantitative estimate of drug-likeness (QED) is 0.793. The second kappa shape index (κ2) is 9.11. The second-order valence-electron chi connectivity index (χ2n) is 6.43. The third-order valence-corrected chi connectivity index (χ3v) is 4.07. The minimum absolute atomic E-state index is 0.0198. The number of hydrogen-bond acceptors (Lipinski definition) is 3. The van der Waals surface area contributed by atoms with Crippen LogP contribution in [-0.2, 0) is 11.2 Å². The summed E-state index contributed by atoms with van der Waals surface area (Å²) in [5.74, 6) is 1.91. The molecule has 0 saturated carbocycles. The van der Waals surface area contributed by atoms with E-state index in [0.717, 1.165) is 17.7 Å². The van der Waals surface area contributed by atoms with Crippen molar-refractivity contribution in [1.29, 1.82) is 0 Å². The fourth-order valence-corrected chi connectivity index (χ4v) is 2.59. The average molecular weight is 341 g/mol. The molecule has 0 unspecified atom stereocenters. The zero-order valence-corrected chi connectivity index (χ0v) is 15.5. The Bertz CT molecular complexity index is 693. The average Bonchev–Trinajstić information content (AvgIpc) is 2.60. The predicted molar refractivity (Wildman–Crippen MR) is 100 cm³/mol. The molecular weight excluding hydrogens is 314 g/mol. The van der Waals surface area contributed by atoms with Gasteiger partial charge in [-0.3, -0.25) is 4.79 Å². The molecule has 0 aliphatic carbocycles. The molecule has 0 spiro atoms. The maximum atomic E-state index is 11.9. The van der Waals surface area contributed by atoms with Crippen LogP contribution in [0.4, 0.5) is 0 Å². The number of hydrogen-bond donors (Lipinski definition) is 1. The maximum Gasteiger partial charge on any atom is 0.257 e. The van der Waals surface area contributed by atoms with Gasteiger partial charge in [0.2, 0.25) is 0 Å². The molecule has 0 atom stereocenters. The van der Waals surface area contributed by atoms with E-state index in [9.17, 15) is 4.79 Å². The predicted octanol–water partition coefficient (Wildman–Crippen LogP) is 3.86. The Morgan fingerprint density at radius 2 is 1.84 bits per heavy atom. The highest BCUT2D eigenvalue weighted by atomic mass is 16.5. The van der Waals surface area contributed by atoms with Crippen LogP contribution in [0.3, 0.4) is 0 Å². The van der Waals surface area contributed by atoms with Gasteiger partial charge < -0.3 is 14.8 Å². The first kappa shape index (κ1) is 18.8. The monoisotopic (exact) mass is 341 g/mol. The van der Waals surface area contributed by atoms with Crippen molar-refractivity contribution in [3.05, 3.63) is 59.2 Å². The molecule has 1 amide bonds. The van der Waals surface area contributed by atoms with Crippen molar-refractivity contribution < 1.29 is 14.3 Å². The van der Waals surface area contributed by atoms with Crippen LogP contribution in [0.25, 0.3) is 0 Å². The van der Waals surface area contributed by atoms with Crippen LogP contribution in [0.5, 0.6) is 11.5 Å². The van der Waals surface area contributed by atoms with Gasteiger partial charge in [-0.05, 0) is 48.6 Å². The third-order valence-electron chi connectivity index (χ3n) is 4.07. The molecule has 0 fully saturated rings. The van der Waals surface area contributed by atoms with E-state index in [1.165, 1.54) is 11.1 Å². The molecule has 2 aromatic carbocycles. The van der Waals surface area contributed by atoms with Crippen molar-refractivity contribution >= 4 is 5.91 Å². The van der Waals surface area contributed by atoms with E-state index in [0.29, 0.717) is 18.2 Å². The lowest BCUT2D eigenvalue weighted by molar-refractivity contribution is -0.123. The number of rotatable bonds is 8. The molecule has 1 N–H and O–H groups in total. The summed E-state index contributed by atoms with van der Waals surface area (Å²) in [6.45, 7) is 6.90. The number of aryl methyl sites for hydroxylation is 1. The van der Waals surface area contributed by atoms with Crippen LogP contribution >= 0.6 is 0 Å². The fourth-order valence-electron chi connectivity index (χ4n) is 2.59. The van der Waals surface area contributed by atoms with E-state index in [1.54, 1.807) is 7.11 Å². The largest absolute Gasteiger partial charge is 0.496 e. The highest BCUT2D eigenvalue weighted by molar-refractivity contribution is 5.77. The number of methoxy groups -OCH3 is 1. The third kappa shape index (κ3) is 5.82. The fraction of sp³-hybridized carbons (Fsp3) is 0.381. The summed E-state index contributed by atoms with van der Waals surface area (Å²) in [6.07, 6.45) is 0.722. The lowest BCUT2D eigenvalue weighted by atomic mass is 10.0. The highest BCUT2D eigenvalue weighted by Crippen LogP contribution is 2.20. The molecule has 4 heteroatoms. The molecule has 0 saturated heterocycles. The van der Waals surface area contributed by atoms with Gasteiger partial charge in [-0.1, -0.05) is 43.7 Å². The SMILES string of the molecule is COc1ccc(C)cc1CCNC(=O)COc1ccc(C(C)C)cc1. The van der Waals surface area contributed by atoms with Gasteiger partial charge in [-0.15, -0.1) is 0 Å². The van der Waals surface area contributed by atoms with Crippen LogP contribution in [0.15, 0.2) is 42.5 Å². The van der Waals surface area contributed by atoms with Crippen molar-refractivity contribution in [3.8, 4) is 11.5 Å². The van der Waals surface area contributed by atoms with E-state index in [2.05, 4.69) is 25.2 Å². The summed E-state index contributed by atoms with van der Waals surface area (Å²) in [7, 11) is 1.66. The van der Waals surface area contributed by atoms with Gasteiger partial charge >= 0.3 is 0 Å². The van der Waals surface area contributed by atoms with Gasteiger partial charge in [0.25, 0.3) is 5.91 Å². The Morgan fingerprint density at radius 1 is 1.12 bits per heavy atom. The van der Waals surface area contributed by atoms with E-state index >= 15 is 0 Å². The number of carbonyl (C=O) groups is 1. The summed E-state index contributed by atoms with van der Waals surface area (Å²) < 4.78 is 10.9. The molecule has 4 nitrogen and oxygen atoms in total. The van der Waals surface area contributed by atoms with E-state index in [1.807, 2.05) is 43.3 Å². The number of benzene rings is 2. The Kier molecular flexibility index (Phi) is 6.87. The van der Waals surface area contributed by atoms with Gasteiger partial charge in [0.15, 0.2) is 6.61 Å². The van der Waals surface area contributed by atoms with Gasteiger partial charge in [0.05, 0.1) is 7.11 Å². The lowest BCUT2D eigenvalue weighted by Crippen LogP contribution is -2.30. The molecule has 134 valence electrons. The summed E-state index contributed by atoms with van der Waals surface area (Å²) in [5, 5.41) is 2.88.